The number of hydrogen-bond acceptors (Lipinski definition) is 5. The largest absolute Gasteiger partial charge is 0.508 e. The predicted octanol–water partition coefficient (Wildman–Crippen LogP) is 2.02. The summed E-state index contributed by atoms with van der Waals surface area (Å²) in [5, 5.41) is 13.1. The number of aromatic nitrogens is 2. The van der Waals surface area contributed by atoms with Crippen LogP contribution in [0.4, 0.5) is 0 Å². The number of aryl methyl sites for hydroxylation is 1. The normalized spacial score (nSPS) is 10.6. The van der Waals surface area contributed by atoms with Crippen molar-refractivity contribution in [3.8, 4) is 17.1 Å². The molecule has 0 unspecified atom stereocenters. The Hall–Kier alpha value is -1.88. The molecule has 0 aliphatic rings. The van der Waals surface area contributed by atoms with E-state index in [-0.39, 0.29) is 5.75 Å². The molecule has 0 bridgehead atoms. The zero-order valence-corrected chi connectivity index (χ0v) is 9.59. The lowest BCUT2D eigenvalue weighted by Gasteiger charge is -1.94. The Balaban J connectivity index is 2.04. The third-order valence-corrected chi connectivity index (χ3v) is 2.33. The zero-order valence-electron chi connectivity index (χ0n) is 9.59. The standard InChI is InChI=1S/C12H14N2O3/c1-16-8-2-3-11-13-12(14-17-11)9-4-6-10(15)7-5-9/h4-7,15H,2-3,8H2,1H3. The SMILES string of the molecule is COCCCc1nc(-c2ccc(O)cc2)no1. The molecule has 1 aromatic heterocycles. The van der Waals surface area contributed by atoms with Crippen molar-refractivity contribution in [1.29, 1.82) is 0 Å². The molecule has 90 valence electrons. The van der Waals surface area contributed by atoms with Crippen LogP contribution in [0.3, 0.4) is 0 Å². The van der Waals surface area contributed by atoms with Gasteiger partial charge < -0.3 is 14.4 Å². The molecule has 5 heteroatoms. The van der Waals surface area contributed by atoms with Gasteiger partial charge in [-0.1, -0.05) is 5.16 Å². The van der Waals surface area contributed by atoms with Crippen molar-refractivity contribution in [3.63, 3.8) is 0 Å². The lowest BCUT2D eigenvalue weighted by atomic mass is 10.2. The smallest absolute Gasteiger partial charge is 0.227 e. The number of phenols is 1. The Morgan fingerprint density at radius 3 is 2.76 bits per heavy atom. The highest BCUT2D eigenvalue weighted by atomic mass is 16.5. The van der Waals surface area contributed by atoms with Crippen LogP contribution in [-0.4, -0.2) is 29.0 Å². The summed E-state index contributed by atoms with van der Waals surface area (Å²) in [6.45, 7) is 0.678. The number of methoxy groups -OCH3 is 1. The van der Waals surface area contributed by atoms with E-state index < -0.39 is 0 Å². The maximum atomic E-state index is 9.17. The predicted molar refractivity (Wildman–Crippen MR) is 61.6 cm³/mol. The first-order valence-electron chi connectivity index (χ1n) is 5.40. The Morgan fingerprint density at radius 1 is 1.29 bits per heavy atom. The van der Waals surface area contributed by atoms with Crippen LogP contribution in [0.25, 0.3) is 11.4 Å². The average molecular weight is 234 g/mol. The van der Waals surface area contributed by atoms with Crippen molar-refractivity contribution in [3.05, 3.63) is 30.2 Å². The van der Waals surface area contributed by atoms with Crippen LogP contribution >= 0.6 is 0 Å². The van der Waals surface area contributed by atoms with Gasteiger partial charge in [0.1, 0.15) is 5.75 Å². The molecule has 2 rings (SSSR count). The summed E-state index contributed by atoms with van der Waals surface area (Å²) in [6.07, 6.45) is 1.56. The van der Waals surface area contributed by atoms with Crippen molar-refractivity contribution in [1.82, 2.24) is 10.1 Å². The first kappa shape index (κ1) is 11.6. The van der Waals surface area contributed by atoms with Gasteiger partial charge in [-0.15, -0.1) is 0 Å². The number of rotatable bonds is 5. The van der Waals surface area contributed by atoms with Gasteiger partial charge in [0.2, 0.25) is 11.7 Å². The summed E-state index contributed by atoms with van der Waals surface area (Å²) in [7, 11) is 1.66. The van der Waals surface area contributed by atoms with Gasteiger partial charge >= 0.3 is 0 Å². The quantitative estimate of drug-likeness (QED) is 0.801. The molecule has 1 N–H and O–H groups in total. The minimum absolute atomic E-state index is 0.220. The minimum atomic E-state index is 0.220. The molecule has 5 nitrogen and oxygen atoms in total. The molecule has 1 aromatic carbocycles. The van der Waals surface area contributed by atoms with E-state index in [1.807, 2.05) is 0 Å². The third-order valence-electron chi connectivity index (χ3n) is 2.33. The summed E-state index contributed by atoms with van der Waals surface area (Å²) < 4.78 is 10.1. The summed E-state index contributed by atoms with van der Waals surface area (Å²) >= 11 is 0. The van der Waals surface area contributed by atoms with Crippen molar-refractivity contribution in [2.75, 3.05) is 13.7 Å². The summed E-state index contributed by atoms with van der Waals surface area (Å²) in [5.41, 5.74) is 0.824. The summed E-state index contributed by atoms with van der Waals surface area (Å²) in [4.78, 5) is 4.27. The van der Waals surface area contributed by atoms with Crippen LogP contribution in [0.15, 0.2) is 28.8 Å². The average Bonchev–Trinajstić information content (AvgIpc) is 2.79. The van der Waals surface area contributed by atoms with E-state index in [0.717, 1.165) is 12.0 Å². The second-order valence-corrected chi connectivity index (χ2v) is 3.65. The van der Waals surface area contributed by atoms with Gasteiger partial charge in [0.15, 0.2) is 0 Å². The lowest BCUT2D eigenvalue weighted by Crippen LogP contribution is -1.92. The fourth-order valence-electron chi connectivity index (χ4n) is 1.45. The molecule has 1 heterocycles. The number of hydrogen-bond donors (Lipinski definition) is 1. The number of aromatic hydroxyl groups is 1. The van der Waals surface area contributed by atoms with E-state index in [1.54, 1.807) is 31.4 Å². The fraction of sp³-hybridized carbons (Fsp3) is 0.333. The van der Waals surface area contributed by atoms with Crippen molar-refractivity contribution in [2.45, 2.75) is 12.8 Å². The molecular weight excluding hydrogens is 220 g/mol. The molecule has 0 saturated carbocycles. The third kappa shape index (κ3) is 3.04. The molecule has 17 heavy (non-hydrogen) atoms. The Morgan fingerprint density at radius 2 is 2.06 bits per heavy atom. The van der Waals surface area contributed by atoms with E-state index >= 15 is 0 Å². The van der Waals surface area contributed by atoms with Gasteiger partial charge in [0.25, 0.3) is 0 Å². The lowest BCUT2D eigenvalue weighted by molar-refractivity contribution is 0.192. The highest BCUT2D eigenvalue weighted by molar-refractivity contribution is 5.55. The highest BCUT2D eigenvalue weighted by Gasteiger charge is 2.07. The molecule has 0 aliphatic heterocycles. The van der Waals surface area contributed by atoms with Gasteiger partial charge in [0, 0.05) is 25.7 Å². The number of nitrogens with zero attached hydrogens (tertiary/aromatic N) is 2. The molecule has 0 aliphatic carbocycles. The monoisotopic (exact) mass is 234 g/mol. The molecule has 0 amide bonds. The van der Waals surface area contributed by atoms with Gasteiger partial charge in [-0.25, -0.2) is 0 Å². The molecule has 0 fully saturated rings. The van der Waals surface area contributed by atoms with Crippen LogP contribution in [0.2, 0.25) is 0 Å². The van der Waals surface area contributed by atoms with Gasteiger partial charge in [-0.05, 0) is 30.7 Å². The summed E-state index contributed by atoms with van der Waals surface area (Å²) in [6, 6.07) is 6.69. The number of benzene rings is 1. The van der Waals surface area contributed by atoms with Gasteiger partial charge in [0.05, 0.1) is 0 Å². The van der Waals surface area contributed by atoms with E-state index in [1.165, 1.54) is 0 Å². The van der Waals surface area contributed by atoms with Crippen LogP contribution in [-0.2, 0) is 11.2 Å². The number of ether oxygens (including phenoxy) is 1. The maximum absolute atomic E-state index is 9.17. The molecule has 0 atom stereocenters. The first-order valence-corrected chi connectivity index (χ1v) is 5.40. The van der Waals surface area contributed by atoms with Crippen LogP contribution in [0, 0.1) is 0 Å². The van der Waals surface area contributed by atoms with Gasteiger partial charge in [-0.3, -0.25) is 0 Å². The Kier molecular flexibility index (Phi) is 3.72. The first-order chi connectivity index (χ1) is 8.29. The van der Waals surface area contributed by atoms with E-state index in [4.69, 9.17) is 9.26 Å². The minimum Gasteiger partial charge on any atom is -0.508 e. The van der Waals surface area contributed by atoms with Crippen molar-refractivity contribution in [2.24, 2.45) is 0 Å². The molecule has 0 radical (unpaired) electrons. The molecular formula is C12H14N2O3. The van der Waals surface area contributed by atoms with Crippen molar-refractivity contribution < 1.29 is 14.4 Å². The van der Waals surface area contributed by atoms with E-state index in [2.05, 4.69) is 10.1 Å². The van der Waals surface area contributed by atoms with E-state index in [0.29, 0.717) is 24.7 Å². The number of phenolic OH excluding ortho intramolecular Hbond substituents is 1. The summed E-state index contributed by atoms with van der Waals surface area (Å²) in [5.74, 6) is 1.36. The zero-order chi connectivity index (χ0) is 12.1. The molecule has 2 aromatic rings. The fourth-order valence-corrected chi connectivity index (χ4v) is 1.45. The van der Waals surface area contributed by atoms with Gasteiger partial charge in [-0.2, -0.15) is 4.98 Å². The Bertz CT molecular complexity index is 465. The topological polar surface area (TPSA) is 68.4 Å². The maximum Gasteiger partial charge on any atom is 0.227 e. The van der Waals surface area contributed by atoms with Crippen molar-refractivity contribution >= 4 is 0 Å². The second kappa shape index (κ2) is 5.45. The van der Waals surface area contributed by atoms with Crippen LogP contribution < -0.4 is 0 Å². The molecule has 0 saturated heterocycles. The van der Waals surface area contributed by atoms with Crippen LogP contribution in [0.1, 0.15) is 12.3 Å². The molecule has 0 spiro atoms. The van der Waals surface area contributed by atoms with E-state index in [9.17, 15) is 5.11 Å². The highest BCUT2D eigenvalue weighted by Crippen LogP contribution is 2.19. The van der Waals surface area contributed by atoms with Crippen LogP contribution in [0.5, 0.6) is 5.75 Å². The second-order valence-electron chi connectivity index (χ2n) is 3.65. The Labute approximate surface area is 99.0 Å².